The van der Waals surface area contributed by atoms with Crippen LogP contribution in [0, 0.1) is 5.92 Å². The van der Waals surface area contributed by atoms with Crippen LogP contribution in [0.4, 0.5) is 11.6 Å². The lowest BCUT2D eigenvalue weighted by atomic mass is 10.1. The highest BCUT2D eigenvalue weighted by molar-refractivity contribution is 6.07. The van der Waals surface area contributed by atoms with Gasteiger partial charge in [0.2, 0.25) is 0 Å². The number of nitrogens with two attached hydrogens (primary N) is 2. The van der Waals surface area contributed by atoms with Crippen LogP contribution in [0.15, 0.2) is 78.9 Å². The molecule has 4 N–H and O–H groups in total. The summed E-state index contributed by atoms with van der Waals surface area (Å²) >= 11 is 0. The monoisotopic (exact) mass is 658 g/mol. The van der Waals surface area contributed by atoms with Gasteiger partial charge in [-0.1, -0.05) is 100 Å². The molecule has 0 radical (unpaired) electrons. The lowest BCUT2D eigenvalue weighted by molar-refractivity contribution is 0.0830. The van der Waals surface area contributed by atoms with E-state index in [0.29, 0.717) is 30.7 Å². The average molecular weight is 659 g/mol. The van der Waals surface area contributed by atoms with E-state index in [0.717, 1.165) is 81.3 Å². The molecule has 1 unspecified atom stereocenters. The van der Waals surface area contributed by atoms with Gasteiger partial charge in [-0.05, 0) is 30.0 Å². The van der Waals surface area contributed by atoms with E-state index in [1.165, 1.54) is 5.56 Å². The van der Waals surface area contributed by atoms with Crippen molar-refractivity contribution in [3.8, 4) is 0 Å². The molecule has 4 heterocycles. The van der Waals surface area contributed by atoms with Crippen LogP contribution in [0.3, 0.4) is 0 Å². The minimum Gasteiger partial charge on any atom is -0.382 e. The molecule has 0 saturated carbocycles. The number of nitrogen functional groups attached to an aromatic ring is 2. The van der Waals surface area contributed by atoms with E-state index in [2.05, 4.69) is 64.1 Å². The Morgan fingerprint density at radius 2 is 1.29 bits per heavy atom. The zero-order valence-electron chi connectivity index (χ0n) is 29.1. The van der Waals surface area contributed by atoms with E-state index < -0.39 is 0 Å². The van der Waals surface area contributed by atoms with Crippen LogP contribution in [0.2, 0.25) is 0 Å². The predicted octanol–water partition coefficient (Wildman–Crippen LogP) is 8.06. The van der Waals surface area contributed by atoms with Gasteiger partial charge in [0.15, 0.2) is 11.6 Å². The van der Waals surface area contributed by atoms with Gasteiger partial charge in [-0.25, -0.2) is 19.9 Å². The summed E-state index contributed by atoms with van der Waals surface area (Å²) in [7, 11) is 3.44. The summed E-state index contributed by atoms with van der Waals surface area (Å²) in [5, 5.41) is 2.14. The summed E-state index contributed by atoms with van der Waals surface area (Å²) in [5.41, 5.74) is 19.0. The summed E-state index contributed by atoms with van der Waals surface area (Å²) in [6.07, 6.45) is 3.18. The topological polar surface area (TPSA) is 132 Å². The lowest BCUT2D eigenvalue weighted by Crippen LogP contribution is -2.14. The van der Waals surface area contributed by atoms with E-state index >= 15 is 0 Å². The zero-order valence-corrected chi connectivity index (χ0v) is 29.1. The molecular formula is C39H46N8O2. The van der Waals surface area contributed by atoms with Crippen molar-refractivity contribution in [2.24, 2.45) is 5.92 Å². The van der Waals surface area contributed by atoms with Gasteiger partial charge in [0.05, 0.1) is 22.1 Å². The van der Waals surface area contributed by atoms with Crippen molar-refractivity contribution < 1.29 is 9.47 Å². The number of imidazole rings is 2. The van der Waals surface area contributed by atoms with Crippen molar-refractivity contribution in [1.82, 2.24) is 29.1 Å². The van der Waals surface area contributed by atoms with Crippen LogP contribution >= 0.6 is 0 Å². The first-order valence-electron chi connectivity index (χ1n) is 17.0. The second kappa shape index (κ2) is 15.0. The van der Waals surface area contributed by atoms with Crippen molar-refractivity contribution in [2.45, 2.75) is 65.8 Å². The van der Waals surface area contributed by atoms with Gasteiger partial charge >= 0.3 is 0 Å². The Morgan fingerprint density at radius 3 is 1.86 bits per heavy atom. The molecule has 0 amide bonds. The third-order valence-corrected chi connectivity index (χ3v) is 8.73. The molecule has 0 aliphatic carbocycles. The molecule has 0 spiro atoms. The van der Waals surface area contributed by atoms with Gasteiger partial charge in [0, 0.05) is 38.1 Å². The number of nitrogens with zero attached hydrogens (tertiary/aromatic N) is 6. The largest absolute Gasteiger partial charge is 0.382 e. The number of rotatable bonds is 11. The maximum absolute atomic E-state index is 6.25. The third kappa shape index (κ3) is 6.93. The number of aromatic nitrogens is 6. The first-order chi connectivity index (χ1) is 23.8. The summed E-state index contributed by atoms with van der Waals surface area (Å²) in [5.74, 6) is 3.24. The standard InChI is InChI=1S/C20H28N4O.C19H18N4O/c1-5-6-11-16(25-4)20-23-17-18(24(20)12-13(2)3)14-9-7-8-10-15(14)22-19(17)21;1-24-12-16-22-17-18(23(16)11-13-7-3-2-4-8-13)14-9-5-6-10-15(14)21-19(17)20/h7-10,13,16H,5-6,11-12H2,1-4H3,(H2,21,22);2-10H,11-12H2,1H3,(H2,20,21). The Bertz CT molecular complexity index is 2190. The summed E-state index contributed by atoms with van der Waals surface area (Å²) in [4.78, 5) is 18.6. The number of methoxy groups -OCH3 is 2. The number of hydrogen-bond donors (Lipinski definition) is 2. The van der Waals surface area contributed by atoms with Gasteiger partial charge in [0.25, 0.3) is 0 Å². The first kappa shape index (κ1) is 33.8. The fourth-order valence-electron chi connectivity index (χ4n) is 6.49. The van der Waals surface area contributed by atoms with E-state index in [9.17, 15) is 0 Å². The zero-order chi connectivity index (χ0) is 34.5. The Labute approximate surface area is 287 Å². The highest BCUT2D eigenvalue weighted by Crippen LogP contribution is 2.34. The second-order valence-electron chi connectivity index (χ2n) is 12.8. The second-order valence-corrected chi connectivity index (χ2v) is 12.8. The van der Waals surface area contributed by atoms with Crippen molar-refractivity contribution in [3.05, 3.63) is 96.1 Å². The molecule has 49 heavy (non-hydrogen) atoms. The van der Waals surface area contributed by atoms with Gasteiger partial charge in [-0.15, -0.1) is 0 Å². The molecule has 3 aromatic carbocycles. The quantitative estimate of drug-likeness (QED) is 0.143. The molecule has 10 heteroatoms. The minimum absolute atomic E-state index is 0.0238. The Morgan fingerprint density at radius 1 is 0.714 bits per heavy atom. The van der Waals surface area contributed by atoms with Crippen LogP contribution in [0.5, 0.6) is 0 Å². The van der Waals surface area contributed by atoms with Crippen molar-refractivity contribution >= 4 is 55.5 Å². The van der Waals surface area contributed by atoms with Crippen LogP contribution in [0.1, 0.15) is 63.3 Å². The van der Waals surface area contributed by atoms with Gasteiger partial charge < -0.3 is 30.1 Å². The maximum atomic E-state index is 6.25. The van der Waals surface area contributed by atoms with Crippen LogP contribution in [0.25, 0.3) is 43.9 Å². The van der Waals surface area contributed by atoms with Gasteiger partial charge in [-0.2, -0.15) is 0 Å². The van der Waals surface area contributed by atoms with Crippen LogP contribution < -0.4 is 11.5 Å². The fraction of sp³-hybridized carbons (Fsp3) is 0.333. The van der Waals surface area contributed by atoms with E-state index in [-0.39, 0.29) is 6.10 Å². The van der Waals surface area contributed by atoms with E-state index in [1.807, 2.05) is 54.6 Å². The SMILES string of the molecule is CCCCC(OC)c1nc2c(N)nc3ccccc3c2n1CC(C)C.COCc1nc2c(N)nc3ccccc3c2n1Cc1ccccc1. The number of ether oxygens (including phenoxy) is 2. The number of hydrogen-bond acceptors (Lipinski definition) is 8. The molecule has 0 aliphatic heterocycles. The molecule has 7 aromatic rings. The third-order valence-electron chi connectivity index (χ3n) is 8.73. The normalized spacial score (nSPS) is 12.3. The molecule has 10 nitrogen and oxygen atoms in total. The number of benzene rings is 3. The molecule has 0 aliphatic rings. The molecule has 7 rings (SSSR count). The number of pyridine rings is 2. The fourth-order valence-corrected chi connectivity index (χ4v) is 6.49. The van der Waals surface area contributed by atoms with Crippen LogP contribution in [-0.2, 0) is 29.2 Å². The Balaban J connectivity index is 0.000000170. The predicted molar refractivity (Wildman–Crippen MR) is 199 cm³/mol. The van der Waals surface area contributed by atoms with Gasteiger partial charge in [-0.3, -0.25) is 0 Å². The Kier molecular flexibility index (Phi) is 10.4. The molecule has 0 saturated heterocycles. The van der Waals surface area contributed by atoms with Crippen LogP contribution in [-0.4, -0.2) is 43.3 Å². The van der Waals surface area contributed by atoms with Crippen molar-refractivity contribution in [1.29, 1.82) is 0 Å². The number of para-hydroxylation sites is 2. The first-order valence-corrected chi connectivity index (χ1v) is 17.0. The number of fused-ring (bicyclic) bond motifs is 6. The van der Waals surface area contributed by atoms with E-state index in [4.69, 9.17) is 30.9 Å². The Hall–Kier alpha value is -5.06. The lowest BCUT2D eigenvalue weighted by Gasteiger charge is -2.18. The minimum atomic E-state index is -0.0238. The number of anilines is 2. The van der Waals surface area contributed by atoms with Crippen molar-refractivity contribution in [2.75, 3.05) is 25.7 Å². The average Bonchev–Trinajstić information content (AvgIpc) is 3.66. The summed E-state index contributed by atoms with van der Waals surface area (Å²) < 4.78 is 15.6. The summed E-state index contributed by atoms with van der Waals surface area (Å²) in [6, 6.07) is 26.4. The molecule has 254 valence electrons. The molecule has 4 aromatic heterocycles. The number of unbranched alkanes of at least 4 members (excludes halogenated alkanes) is 1. The highest BCUT2D eigenvalue weighted by atomic mass is 16.5. The van der Waals surface area contributed by atoms with E-state index in [1.54, 1.807) is 14.2 Å². The van der Waals surface area contributed by atoms with Crippen molar-refractivity contribution in [3.63, 3.8) is 0 Å². The molecule has 0 bridgehead atoms. The molecule has 0 fully saturated rings. The maximum Gasteiger partial charge on any atom is 0.152 e. The summed E-state index contributed by atoms with van der Waals surface area (Å²) in [6.45, 7) is 8.65. The molecular weight excluding hydrogens is 612 g/mol. The van der Waals surface area contributed by atoms with Gasteiger partial charge in [0.1, 0.15) is 35.4 Å². The smallest absolute Gasteiger partial charge is 0.152 e. The molecule has 1 atom stereocenters. The highest BCUT2D eigenvalue weighted by Gasteiger charge is 2.23.